The summed E-state index contributed by atoms with van der Waals surface area (Å²) in [7, 11) is 0. The van der Waals surface area contributed by atoms with Gasteiger partial charge in [0.15, 0.2) is 0 Å². The molecule has 88 valence electrons. The number of hydrogen-bond donors (Lipinski definition) is 0. The zero-order chi connectivity index (χ0) is 11.0. The Bertz CT molecular complexity index is 170. The van der Waals surface area contributed by atoms with Gasteiger partial charge in [-0.05, 0) is 32.6 Å². The lowest BCUT2D eigenvalue weighted by molar-refractivity contribution is -0.139. The summed E-state index contributed by atoms with van der Waals surface area (Å²) in [6, 6.07) is 0. The monoisotopic (exact) mass is 210 g/mol. The van der Waals surface area contributed by atoms with Crippen molar-refractivity contribution in [1.82, 2.24) is 0 Å². The van der Waals surface area contributed by atoms with Crippen LogP contribution in [0.1, 0.15) is 64.7 Å². The van der Waals surface area contributed by atoms with Gasteiger partial charge in [0.1, 0.15) is 0 Å². The third-order valence-electron chi connectivity index (χ3n) is 3.45. The van der Waals surface area contributed by atoms with Crippen molar-refractivity contribution >= 4 is 0 Å². The third kappa shape index (κ3) is 5.36. The lowest BCUT2D eigenvalue weighted by Crippen LogP contribution is -2.40. The maximum Gasteiger partial charge on any atom is 0.0676 e. The van der Waals surface area contributed by atoms with Crippen molar-refractivity contribution in [1.29, 1.82) is 0 Å². The van der Waals surface area contributed by atoms with E-state index < -0.39 is 0 Å². The average Bonchev–Trinajstić information content (AvgIpc) is 2.19. The molecule has 0 amide bonds. The minimum absolute atomic E-state index is 0.253. The Morgan fingerprint density at radius 2 is 1.73 bits per heavy atom. The summed E-state index contributed by atoms with van der Waals surface area (Å²) in [6.45, 7) is 6.97. The number of allylic oxidation sites excluding steroid dienone is 1. The molecule has 1 aliphatic heterocycles. The molecule has 1 heteroatoms. The summed E-state index contributed by atoms with van der Waals surface area (Å²) in [4.78, 5) is 0. The van der Waals surface area contributed by atoms with Gasteiger partial charge in [-0.2, -0.15) is 0 Å². The predicted octanol–water partition coefficient (Wildman–Crippen LogP) is 4.47. The first-order valence-corrected chi connectivity index (χ1v) is 6.52. The van der Waals surface area contributed by atoms with Crippen molar-refractivity contribution in [3.05, 3.63) is 12.7 Å². The van der Waals surface area contributed by atoms with Gasteiger partial charge < -0.3 is 4.74 Å². The molecule has 0 spiro atoms. The van der Waals surface area contributed by atoms with Crippen LogP contribution in [-0.4, -0.2) is 12.2 Å². The zero-order valence-corrected chi connectivity index (χ0v) is 10.3. The molecule has 1 heterocycles. The maximum absolute atomic E-state index is 5.57. The SMILES string of the molecule is C=CCCCCCCCC[C@]1(C)CCO1. The molecule has 1 nitrogen and oxygen atoms in total. The third-order valence-corrected chi connectivity index (χ3v) is 3.45. The van der Waals surface area contributed by atoms with Gasteiger partial charge in [-0.1, -0.05) is 38.2 Å². The minimum atomic E-state index is 0.253. The average molecular weight is 210 g/mol. The molecule has 1 rings (SSSR count). The summed E-state index contributed by atoms with van der Waals surface area (Å²) in [5, 5.41) is 0. The number of rotatable bonds is 9. The highest BCUT2D eigenvalue weighted by molar-refractivity contribution is 4.81. The molecule has 0 aliphatic carbocycles. The first-order chi connectivity index (χ1) is 7.27. The molecule has 0 saturated carbocycles. The fourth-order valence-electron chi connectivity index (χ4n) is 2.14. The van der Waals surface area contributed by atoms with Crippen LogP contribution in [0, 0.1) is 0 Å². The molecule has 15 heavy (non-hydrogen) atoms. The highest BCUT2D eigenvalue weighted by atomic mass is 16.5. The first-order valence-electron chi connectivity index (χ1n) is 6.52. The molecule has 0 bridgehead atoms. The Balaban J connectivity index is 1.79. The van der Waals surface area contributed by atoms with E-state index in [0.717, 1.165) is 6.61 Å². The van der Waals surface area contributed by atoms with Gasteiger partial charge in [0.05, 0.1) is 12.2 Å². The molecule has 1 atom stereocenters. The molecule has 0 aromatic heterocycles. The second-order valence-electron chi connectivity index (χ2n) is 5.00. The molecule has 0 aromatic rings. The quantitative estimate of drug-likeness (QED) is 0.403. The molecule has 0 radical (unpaired) electrons. The maximum atomic E-state index is 5.57. The summed E-state index contributed by atoms with van der Waals surface area (Å²) in [5.41, 5.74) is 0.253. The second kappa shape index (κ2) is 7.05. The van der Waals surface area contributed by atoms with Crippen LogP contribution in [0.15, 0.2) is 12.7 Å². The van der Waals surface area contributed by atoms with Crippen molar-refractivity contribution < 1.29 is 4.74 Å². The smallest absolute Gasteiger partial charge is 0.0676 e. The van der Waals surface area contributed by atoms with Crippen LogP contribution in [-0.2, 0) is 4.74 Å². The Labute approximate surface area is 94.9 Å². The Hall–Kier alpha value is -0.300. The molecule has 1 fully saturated rings. The molecule has 0 aromatic carbocycles. The van der Waals surface area contributed by atoms with E-state index in [4.69, 9.17) is 4.74 Å². The van der Waals surface area contributed by atoms with Crippen molar-refractivity contribution in [3.63, 3.8) is 0 Å². The molecular weight excluding hydrogens is 184 g/mol. The Kier molecular flexibility index (Phi) is 6.00. The highest BCUT2D eigenvalue weighted by Crippen LogP contribution is 2.31. The molecular formula is C14H26O. The molecule has 1 saturated heterocycles. The normalized spacial score (nSPS) is 24.9. The summed E-state index contributed by atoms with van der Waals surface area (Å²) in [5.74, 6) is 0. The van der Waals surface area contributed by atoms with Gasteiger partial charge in [-0.25, -0.2) is 0 Å². The van der Waals surface area contributed by atoms with Crippen LogP contribution in [0.2, 0.25) is 0 Å². The summed E-state index contributed by atoms with van der Waals surface area (Å²) < 4.78 is 5.57. The van der Waals surface area contributed by atoms with E-state index in [9.17, 15) is 0 Å². The van der Waals surface area contributed by atoms with Gasteiger partial charge >= 0.3 is 0 Å². The first kappa shape index (κ1) is 12.8. The van der Waals surface area contributed by atoms with E-state index in [1.165, 1.54) is 57.8 Å². The largest absolute Gasteiger partial charge is 0.375 e. The second-order valence-corrected chi connectivity index (χ2v) is 5.00. The topological polar surface area (TPSA) is 9.23 Å². The van der Waals surface area contributed by atoms with Crippen LogP contribution in [0.25, 0.3) is 0 Å². The van der Waals surface area contributed by atoms with Gasteiger partial charge in [0, 0.05) is 0 Å². The fourth-order valence-corrected chi connectivity index (χ4v) is 2.14. The summed E-state index contributed by atoms with van der Waals surface area (Å²) in [6.07, 6.45) is 14.0. The Morgan fingerprint density at radius 3 is 2.27 bits per heavy atom. The van der Waals surface area contributed by atoms with Gasteiger partial charge in [-0.3, -0.25) is 0 Å². The van der Waals surface area contributed by atoms with Crippen molar-refractivity contribution in [3.8, 4) is 0 Å². The molecule has 0 N–H and O–H groups in total. The Morgan fingerprint density at radius 1 is 1.13 bits per heavy atom. The van der Waals surface area contributed by atoms with Crippen LogP contribution < -0.4 is 0 Å². The van der Waals surface area contributed by atoms with Crippen LogP contribution in [0.3, 0.4) is 0 Å². The fraction of sp³-hybridized carbons (Fsp3) is 0.857. The van der Waals surface area contributed by atoms with Gasteiger partial charge in [-0.15, -0.1) is 6.58 Å². The van der Waals surface area contributed by atoms with Gasteiger partial charge in [0.2, 0.25) is 0 Å². The number of unbranched alkanes of at least 4 members (excludes halogenated alkanes) is 6. The lowest BCUT2D eigenvalue weighted by Gasteiger charge is -2.38. The van der Waals surface area contributed by atoms with E-state index >= 15 is 0 Å². The number of ether oxygens (including phenoxy) is 1. The standard InChI is InChI=1S/C14H26O/c1-3-4-5-6-7-8-9-10-11-14(2)12-13-15-14/h3H,1,4-13H2,2H3/t14-/m1/s1. The van der Waals surface area contributed by atoms with Crippen molar-refractivity contribution in [2.75, 3.05) is 6.61 Å². The van der Waals surface area contributed by atoms with Crippen LogP contribution >= 0.6 is 0 Å². The van der Waals surface area contributed by atoms with Crippen LogP contribution in [0.5, 0.6) is 0 Å². The molecule has 0 unspecified atom stereocenters. The summed E-state index contributed by atoms with van der Waals surface area (Å²) >= 11 is 0. The van der Waals surface area contributed by atoms with E-state index in [1.807, 2.05) is 6.08 Å². The minimum Gasteiger partial charge on any atom is -0.375 e. The van der Waals surface area contributed by atoms with Gasteiger partial charge in [0.25, 0.3) is 0 Å². The van der Waals surface area contributed by atoms with Crippen molar-refractivity contribution in [2.45, 2.75) is 70.3 Å². The lowest BCUT2D eigenvalue weighted by atomic mass is 9.90. The van der Waals surface area contributed by atoms with E-state index in [0.29, 0.717) is 0 Å². The van der Waals surface area contributed by atoms with Crippen LogP contribution in [0.4, 0.5) is 0 Å². The highest BCUT2D eigenvalue weighted by Gasteiger charge is 2.31. The number of hydrogen-bond acceptors (Lipinski definition) is 1. The molecule has 1 aliphatic rings. The van der Waals surface area contributed by atoms with E-state index in [2.05, 4.69) is 13.5 Å². The zero-order valence-electron chi connectivity index (χ0n) is 10.3. The van der Waals surface area contributed by atoms with E-state index in [1.54, 1.807) is 0 Å². The van der Waals surface area contributed by atoms with E-state index in [-0.39, 0.29) is 5.60 Å². The van der Waals surface area contributed by atoms with Crippen molar-refractivity contribution in [2.24, 2.45) is 0 Å². The predicted molar refractivity (Wildman–Crippen MR) is 66.1 cm³/mol.